The third-order valence-electron chi connectivity index (χ3n) is 3.45. The zero-order valence-corrected chi connectivity index (χ0v) is 14.7. The van der Waals surface area contributed by atoms with Gasteiger partial charge in [0.25, 0.3) is 0 Å². The summed E-state index contributed by atoms with van der Waals surface area (Å²) in [4.78, 5) is 14.4. The predicted molar refractivity (Wildman–Crippen MR) is 96.0 cm³/mol. The molecule has 3 nitrogen and oxygen atoms in total. The molecule has 0 fully saturated rings. The van der Waals surface area contributed by atoms with Gasteiger partial charge in [-0.1, -0.05) is 59.6 Å². The van der Waals surface area contributed by atoms with Crippen LogP contribution in [0.4, 0.5) is 0 Å². The van der Waals surface area contributed by atoms with Crippen LogP contribution in [0.3, 0.4) is 0 Å². The summed E-state index contributed by atoms with van der Waals surface area (Å²) in [6, 6.07) is 15.1. The molecule has 0 saturated carbocycles. The molecule has 0 radical (unpaired) electrons. The summed E-state index contributed by atoms with van der Waals surface area (Å²) in [7, 11) is 3.97. The molecule has 0 aliphatic carbocycles. The Kier molecular flexibility index (Phi) is 6.46. The van der Waals surface area contributed by atoms with Crippen molar-refractivity contribution in [1.29, 1.82) is 0 Å². The first-order valence-corrected chi connectivity index (χ1v) is 8.14. The topological polar surface area (TPSA) is 32.3 Å². The second-order valence-corrected chi connectivity index (χ2v) is 6.55. The highest BCUT2D eigenvalue weighted by molar-refractivity contribution is 6.35. The van der Waals surface area contributed by atoms with Crippen LogP contribution in [-0.2, 0) is 11.2 Å². The lowest BCUT2D eigenvalue weighted by Crippen LogP contribution is -2.36. The molecule has 0 spiro atoms. The number of nitrogens with zero attached hydrogens (tertiary/aromatic N) is 1. The molecule has 122 valence electrons. The van der Waals surface area contributed by atoms with Gasteiger partial charge in [-0.15, -0.1) is 0 Å². The fourth-order valence-electron chi connectivity index (χ4n) is 2.37. The van der Waals surface area contributed by atoms with Gasteiger partial charge in [-0.25, -0.2) is 0 Å². The van der Waals surface area contributed by atoms with Gasteiger partial charge in [0, 0.05) is 16.6 Å². The van der Waals surface area contributed by atoms with Crippen molar-refractivity contribution in [3.63, 3.8) is 0 Å². The zero-order valence-electron chi connectivity index (χ0n) is 13.2. The number of carbonyl (C=O) groups is 1. The second kappa shape index (κ2) is 8.34. The quantitative estimate of drug-likeness (QED) is 0.855. The fourth-order valence-corrected chi connectivity index (χ4v) is 2.84. The average Bonchev–Trinajstić information content (AvgIpc) is 2.50. The summed E-state index contributed by atoms with van der Waals surface area (Å²) >= 11 is 12.0. The van der Waals surface area contributed by atoms with Crippen molar-refractivity contribution in [2.24, 2.45) is 0 Å². The predicted octanol–water partition coefficient (Wildman–Crippen LogP) is 3.96. The lowest BCUT2D eigenvalue weighted by Gasteiger charge is -2.23. The first-order valence-electron chi connectivity index (χ1n) is 7.38. The van der Waals surface area contributed by atoms with Crippen molar-refractivity contribution >= 4 is 29.1 Å². The van der Waals surface area contributed by atoms with Crippen LogP contribution in [0.5, 0.6) is 0 Å². The summed E-state index contributed by atoms with van der Waals surface area (Å²) in [5.41, 5.74) is 1.85. The minimum absolute atomic E-state index is 0.0649. The number of nitrogens with one attached hydrogen (secondary N) is 1. The first kappa shape index (κ1) is 17.8. The number of carbonyl (C=O) groups excluding carboxylic acids is 1. The van der Waals surface area contributed by atoms with E-state index in [1.165, 1.54) is 0 Å². The molecule has 2 aromatic carbocycles. The van der Waals surface area contributed by atoms with Crippen molar-refractivity contribution in [2.45, 2.75) is 12.5 Å². The SMILES string of the molecule is CN(C)C[C@H](NC(=O)Cc1ccc(Cl)cc1Cl)c1ccccc1. The van der Waals surface area contributed by atoms with Crippen molar-refractivity contribution < 1.29 is 4.79 Å². The van der Waals surface area contributed by atoms with E-state index in [1.807, 2.05) is 49.3 Å². The molecule has 1 N–H and O–H groups in total. The third kappa shape index (κ3) is 5.54. The molecular weight excluding hydrogens is 331 g/mol. The maximum absolute atomic E-state index is 12.4. The molecule has 0 unspecified atom stereocenters. The highest BCUT2D eigenvalue weighted by atomic mass is 35.5. The van der Waals surface area contributed by atoms with Gasteiger partial charge in [-0.2, -0.15) is 0 Å². The minimum atomic E-state index is -0.0650. The lowest BCUT2D eigenvalue weighted by atomic mass is 10.1. The van der Waals surface area contributed by atoms with E-state index in [0.717, 1.165) is 17.7 Å². The Hall–Kier alpha value is -1.55. The molecule has 0 heterocycles. The zero-order chi connectivity index (χ0) is 16.8. The second-order valence-electron chi connectivity index (χ2n) is 5.71. The maximum atomic E-state index is 12.4. The normalized spacial score (nSPS) is 12.2. The molecule has 2 rings (SSSR count). The van der Waals surface area contributed by atoms with Crippen LogP contribution in [0.15, 0.2) is 48.5 Å². The Labute approximate surface area is 147 Å². The van der Waals surface area contributed by atoms with E-state index in [0.29, 0.717) is 10.0 Å². The van der Waals surface area contributed by atoms with E-state index in [9.17, 15) is 4.79 Å². The van der Waals surface area contributed by atoms with Crippen LogP contribution in [-0.4, -0.2) is 31.4 Å². The van der Waals surface area contributed by atoms with E-state index in [-0.39, 0.29) is 18.4 Å². The maximum Gasteiger partial charge on any atom is 0.225 e. The summed E-state index contributed by atoms with van der Waals surface area (Å²) < 4.78 is 0. The van der Waals surface area contributed by atoms with Crippen LogP contribution in [0.25, 0.3) is 0 Å². The molecule has 5 heteroatoms. The van der Waals surface area contributed by atoms with Crippen molar-refractivity contribution in [3.05, 3.63) is 69.7 Å². The van der Waals surface area contributed by atoms with Crippen LogP contribution in [0.1, 0.15) is 17.2 Å². The molecule has 1 atom stereocenters. The third-order valence-corrected chi connectivity index (χ3v) is 4.04. The van der Waals surface area contributed by atoms with Crippen LogP contribution in [0, 0.1) is 0 Å². The Morgan fingerprint density at radius 2 is 1.83 bits per heavy atom. The largest absolute Gasteiger partial charge is 0.348 e. The van der Waals surface area contributed by atoms with E-state index in [2.05, 4.69) is 5.32 Å². The molecule has 0 bridgehead atoms. The molecular formula is C18H20Cl2N2O. The number of likely N-dealkylation sites (N-methyl/N-ethyl adjacent to an activating group) is 1. The van der Waals surface area contributed by atoms with Crippen molar-refractivity contribution in [3.8, 4) is 0 Å². The van der Waals surface area contributed by atoms with Gasteiger partial charge in [0.15, 0.2) is 0 Å². The Morgan fingerprint density at radius 1 is 1.13 bits per heavy atom. The summed E-state index contributed by atoms with van der Waals surface area (Å²) in [6.45, 7) is 0.726. The van der Waals surface area contributed by atoms with Crippen LogP contribution >= 0.6 is 23.2 Å². The molecule has 0 saturated heterocycles. The number of hydrogen-bond donors (Lipinski definition) is 1. The number of hydrogen-bond acceptors (Lipinski definition) is 2. The number of halogens is 2. The molecule has 1 amide bonds. The first-order chi connectivity index (χ1) is 11.0. The minimum Gasteiger partial charge on any atom is -0.348 e. The van der Waals surface area contributed by atoms with Gasteiger partial charge in [-0.05, 0) is 37.4 Å². The van der Waals surface area contributed by atoms with Crippen LogP contribution < -0.4 is 5.32 Å². The molecule has 0 aliphatic heterocycles. The number of benzene rings is 2. The highest BCUT2D eigenvalue weighted by Crippen LogP contribution is 2.22. The molecule has 0 aliphatic rings. The number of rotatable bonds is 6. The Balaban J connectivity index is 2.08. The lowest BCUT2D eigenvalue weighted by molar-refractivity contribution is -0.121. The summed E-state index contributed by atoms with van der Waals surface area (Å²) in [5, 5.41) is 4.16. The van der Waals surface area contributed by atoms with Gasteiger partial charge in [0.1, 0.15) is 0 Å². The monoisotopic (exact) mass is 350 g/mol. The molecule has 0 aromatic heterocycles. The van der Waals surface area contributed by atoms with Gasteiger partial charge in [0.05, 0.1) is 12.5 Å². The van der Waals surface area contributed by atoms with Gasteiger partial charge in [0.2, 0.25) is 5.91 Å². The van der Waals surface area contributed by atoms with Crippen molar-refractivity contribution in [2.75, 3.05) is 20.6 Å². The molecule has 2 aromatic rings. The smallest absolute Gasteiger partial charge is 0.225 e. The van der Waals surface area contributed by atoms with Gasteiger partial charge < -0.3 is 10.2 Å². The van der Waals surface area contributed by atoms with Gasteiger partial charge >= 0.3 is 0 Å². The van der Waals surface area contributed by atoms with Gasteiger partial charge in [-0.3, -0.25) is 4.79 Å². The van der Waals surface area contributed by atoms with E-state index >= 15 is 0 Å². The number of amides is 1. The van der Waals surface area contributed by atoms with E-state index < -0.39 is 0 Å². The summed E-state index contributed by atoms with van der Waals surface area (Å²) in [5.74, 6) is -0.0649. The van der Waals surface area contributed by atoms with Crippen molar-refractivity contribution in [1.82, 2.24) is 10.2 Å². The average molecular weight is 351 g/mol. The summed E-state index contributed by atoms with van der Waals surface area (Å²) in [6.07, 6.45) is 0.229. The fraction of sp³-hybridized carbons (Fsp3) is 0.278. The highest BCUT2D eigenvalue weighted by Gasteiger charge is 2.16. The molecule has 23 heavy (non-hydrogen) atoms. The van der Waals surface area contributed by atoms with Crippen LogP contribution in [0.2, 0.25) is 10.0 Å². The van der Waals surface area contributed by atoms with E-state index in [1.54, 1.807) is 18.2 Å². The van der Waals surface area contributed by atoms with E-state index in [4.69, 9.17) is 23.2 Å². The standard InChI is InChI=1S/C18H20Cl2N2O/c1-22(2)12-17(13-6-4-3-5-7-13)21-18(23)10-14-8-9-15(19)11-16(14)20/h3-9,11,17H,10,12H2,1-2H3,(H,21,23)/t17-/m0/s1. The Morgan fingerprint density at radius 3 is 2.43 bits per heavy atom. The Bertz CT molecular complexity index is 659.